The molecular formula is C34H34BN9O2. The molecule has 4 atom stereocenters. The molecular weight excluding hydrogens is 577 g/mol. The van der Waals surface area contributed by atoms with Crippen LogP contribution in [0.2, 0.25) is 0 Å². The quantitative estimate of drug-likeness (QED) is 0.289. The summed E-state index contributed by atoms with van der Waals surface area (Å²) in [4.78, 5) is 32.1. The molecule has 46 heavy (non-hydrogen) atoms. The number of carbonyl (C=O) groups excluding carboxylic acids is 1. The molecule has 8 rings (SSSR count). The molecule has 3 aliphatic rings. The van der Waals surface area contributed by atoms with Crippen LogP contribution in [0.25, 0.3) is 33.6 Å². The lowest BCUT2D eigenvalue weighted by atomic mass is 9.71. The molecule has 2 radical (unpaired) electrons. The maximum Gasteiger partial charge on any atom is 0.254 e. The van der Waals surface area contributed by atoms with Crippen LogP contribution in [0.1, 0.15) is 35.2 Å². The summed E-state index contributed by atoms with van der Waals surface area (Å²) >= 11 is 0. The van der Waals surface area contributed by atoms with Gasteiger partial charge in [0.2, 0.25) is 0 Å². The zero-order chi connectivity index (χ0) is 31.7. The van der Waals surface area contributed by atoms with Gasteiger partial charge in [0.05, 0.1) is 43.6 Å². The summed E-state index contributed by atoms with van der Waals surface area (Å²) in [5.74, 6) is 1.67. The SMILES string of the molecule is [B][C@]1(N)C2CCC1N(C(=O)c1cc(OC)c3c(c1)nc(-c1cc4cccnc4n1C)n3C[C@H]1CCN(c3cncc(C#N)c3)C1)C2. The van der Waals surface area contributed by atoms with Crippen LogP contribution < -0.4 is 15.4 Å². The molecule has 1 saturated carbocycles. The Bertz CT molecular complexity index is 2060. The van der Waals surface area contributed by atoms with Gasteiger partial charge < -0.3 is 29.4 Å². The molecule has 2 unspecified atom stereocenters. The highest BCUT2D eigenvalue weighted by molar-refractivity contribution is 6.17. The van der Waals surface area contributed by atoms with Crippen molar-refractivity contribution >= 4 is 41.5 Å². The minimum Gasteiger partial charge on any atom is -0.494 e. The number of rotatable bonds is 6. The number of nitrogens with zero attached hydrogens (tertiary/aromatic N) is 8. The Labute approximate surface area is 268 Å². The van der Waals surface area contributed by atoms with Crippen LogP contribution in [0, 0.1) is 23.2 Å². The smallest absolute Gasteiger partial charge is 0.254 e. The fraction of sp³-hybridized carbons (Fsp3) is 0.382. The number of amides is 1. The second-order valence-corrected chi connectivity index (χ2v) is 13.0. The number of likely N-dealkylation sites (tertiary alicyclic amines) is 1. The lowest BCUT2D eigenvalue weighted by molar-refractivity contribution is 0.0697. The summed E-state index contributed by atoms with van der Waals surface area (Å²) in [5, 5.41) is 10.4. The van der Waals surface area contributed by atoms with E-state index in [1.165, 1.54) is 0 Å². The third-order valence-corrected chi connectivity index (χ3v) is 10.4. The van der Waals surface area contributed by atoms with Gasteiger partial charge in [-0.05, 0) is 67.5 Å². The summed E-state index contributed by atoms with van der Waals surface area (Å²) in [6, 6.07) is 13.7. The first-order chi connectivity index (χ1) is 22.3. The lowest BCUT2D eigenvalue weighted by Crippen LogP contribution is -2.52. The van der Waals surface area contributed by atoms with Crippen molar-refractivity contribution < 1.29 is 9.53 Å². The number of ether oxygens (including phenoxy) is 1. The number of pyridine rings is 2. The molecule has 1 aromatic carbocycles. The van der Waals surface area contributed by atoms with Gasteiger partial charge >= 0.3 is 0 Å². The largest absolute Gasteiger partial charge is 0.494 e. The first-order valence-corrected chi connectivity index (χ1v) is 15.7. The van der Waals surface area contributed by atoms with E-state index in [2.05, 4.69) is 36.1 Å². The number of hydrogen-bond acceptors (Lipinski definition) is 8. The number of benzene rings is 1. The number of anilines is 1. The topological polar surface area (TPSA) is 131 Å². The molecule has 5 aromatic rings. The first-order valence-electron chi connectivity index (χ1n) is 15.7. The van der Waals surface area contributed by atoms with Crippen LogP contribution in [-0.2, 0) is 13.6 Å². The number of methoxy groups -OCH3 is 1. The van der Waals surface area contributed by atoms with Gasteiger partial charge in [-0.15, -0.1) is 0 Å². The highest BCUT2D eigenvalue weighted by Crippen LogP contribution is 2.44. The van der Waals surface area contributed by atoms with Crippen LogP contribution >= 0.6 is 0 Å². The zero-order valence-electron chi connectivity index (χ0n) is 25.9. The normalized spacial score (nSPS) is 23.9. The Kier molecular flexibility index (Phi) is 6.58. The predicted molar refractivity (Wildman–Crippen MR) is 175 cm³/mol. The Morgan fingerprint density at radius 2 is 2.07 bits per heavy atom. The standard InChI is InChI=1S/C34H34BN9O2/c1-41-27(12-22-4-3-8-39-31(22)41)32-40-26-11-23(33(45)43-19-24-5-6-29(43)34(24,35)37)13-28(46-2)30(26)44(32)18-20-7-9-42(17-20)25-10-21(14-36)15-38-16-25/h3-4,8,10-13,15-16,20,24,29H,5-7,9,17-19,37H2,1-2H3/t20-,24?,29?,34-/m0/s1. The van der Waals surface area contributed by atoms with E-state index < -0.39 is 5.44 Å². The summed E-state index contributed by atoms with van der Waals surface area (Å²) in [6.45, 7) is 2.91. The molecule has 12 heteroatoms. The third-order valence-electron chi connectivity index (χ3n) is 10.4. The first kappa shape index (κ1) is 28.6. The van der Waals surface area contributed by atoms with Gasteiger partial charge in [0.25, 0.3) is 5.91 Å². The molecule has 0 spiro atoms. The number of carbonyl (C=O) groups is 1. The number of piperidine rings is 1. The highest BCUT2D eigenvalue weighted by Gasteiger charge is 2.54. The molecule has 11 nitrogen and oxygen atoms in total. The van der Waals surface area contributed by atoms with Gasteiger partial charge in [0, 0.05) is 68.1 Å². The van der Waals surface area contributed by atoms with E-state index in [1.807, 2.05) is 48.5 Å². The number of hydrogen-bond donors (Lipinski definition) is 1. The second-order valence-electron chi connectivity index (χ2n) is 13.0. The van der Waals surface area contributed by atoms with E-state index in [1.54, 1.807) is 19.5 Å². The summed E-state index contributed by atoms with van der Waals surface area (Å²) in [7, 11) is 10.1. The average molecular weight is 612 g/mol. The van der Waals surface area contributed by atoms with Crippen LogP contribution in [0.4, 0.5) is 5.69 Å². The molecule has 6 heterocycles. The van der Waals surface area contributed by atoms with Crippen LogP contribution in [0.15, 0.2) is 55.0 Å². The van der Waals surface area contributed by atoms with Crippen molar-refractivity contribution in [3.63, 3.8) is 0 Å². The van der Waals surface area contributed by atoms with Crippen molar-refractivity contribution in [1.29, 1.82) is 5.26 Å². The molecule has 2 aliphatic heterocycles. The molecule has 4 aromatic heterocycles. The van der Waals surface area contributed by atoms with E-state index in [0.29, 0.717) is 41.4 Å². The summed E-state index contributed by atoms with van der Waals surface area (Å²) in [6.07, 6.45) is 7.91. The van der Waals surface area contributed by atoms with Crippen molar-refractivity contribution in [2.75, 3.05) is 31.6 Å². The number of nitriles is 1. The fourth-order valence-electron chi connectivity index (χ4n) is 7.95. The maximum atomic E-state index is 13.9. The predicted octanol–water partition coefficient (Wildman–Crippen LogP) is 3.45. The van der Waals surface area contributed by atoms with Crippen LogP contribution in [-0.4, -0.2) is 81.0 Å². The zero-order valence-corrected chi connectivity index (χ0v) is 25.9. The van der Waals surface area contributed by atoms with Crippen molar-refractivity contribution in [3.8, 4) is 23.3 Å². The van der Waals surface area contributed by atoms with Crippen molar-refractivity contribution in [2.45, 2.75) is 37.3 Å². The number of imidazole rings is 1. The van der Waals surface area contributed by atoms with Gasteiger partial charge in [-0.25, -0.2) is 9.97 Å². The molecule has 230 valence electrons. The molecule has 2 N–H and O–H groups in total. The van der Waals surface area contributed by atoms with Crippen molar-refractivity contribution in [1.82, 2.24) is 29.0 Å². The molecule has 2 saturated heterocycles. The third kappa shape index (κ3) is 4.36. The second kappa shape index (κ2) is 10.6. The highest BCUT2D eigenvalue weighted by atomic mass is 16.5. The lowest BCUT2D eigenvalue weighted by Gasteiger charge is -2.30. The Hall–Kier alpha value is -4.89. The van der Waals surface area contributed by atoms with Crippen molar-refractivity contribution in [3.05, 3.63) is 66.1 Å². The minimum atomic E-state index is -0.859. The van der Waals surface area contributed by atoms with E-state index >= 15 is 0 Å². The monoisotopic (exact) mass is 611 g/mol. The van der Waals surface area contributed by atoms with E-state index in [4.69, 9.17) is 23.3 Å². The Morgan fingerprint density at radius 1 is 1.20 bits per heavy atom. The number of fused-ring (bicyclic) bond motifs is 4. The van der Waals surface area contributed by atoms with Gasteiger partial charge in [-0.1, -0.05) is 0 Å². The number of aryl methyl sites for hydroxylation is 1. The molecule has 1 amide bonds. The van der Waals surface area contributed by atoms with E-state index in [0.717, 1.165) is 66.1 Å². The molecule has 3 fully saturated rings. The Morgan fingerprint density at radius 3 is 2.80 bits per heavy atom. The average Bonchev–Trinajstić information content (AvgIpc) is 3.88. The minimum absolute atomic E-state index is 0.0992. The van der Waals surface area contributed by atoms with Gasteiger partial charge in [0.1, 0.15) is 23.0 Å². The van der Waals surface area contributed by atoms with Crippen molar-refractivity contribution in [2.24, 2.45) is 24.6 Å². The number of nitrogens with two attached hydrogens (primary N) is 1. The summed E-state index contributed by atoms with van der Waals surface area (Å²) < 4.78 is 10.3. The fourth-order valence-corrected chi connectivity index (χ4v) is 7.95. The van der Waals surface area contributed by atoms with E-state index in [9.17, 15) is 10.1 Å². The van der Waals surface area contributed by atoms with Gasteiger partial charge in [-0.3, -0.25) is 9.78 Å². The molecule has 1 aliphatic carbocycles. The number of aromatic nitrogens is 5. The van der Waals surface area contributed by atoms with Gasteiger partial charge in [0.15, 0.2) is 5.82 Å². The maximum absolute atomic E-state index is 13.9. The van der Waals surface area contributed by atoms with Gasteiger partial charge in [-0.2, -0.15) is 5.26 Å². The Balaban J connectivity index is 1.21. The van der Waals surface area contributed by atoms with Crippen LogP contribution in [0.3, 0.4) is 0 Å². The summed E-state index contributed by atoms with van der Waals surface area (Å²) in [5.41, 5.74) is 10.9. The molecule has 2 bridgehead atoms. The van der Waals surface area contributed by atoms with Crippen LogP contribution in [0.5, 0.6) is 5.75 Å². The van der Waals surface area contributed by atoms with E-state index in [-0.39, 0.29) is 17.9 Å².